The Hall–Kier alpha value is -1.20. The number of ether oxygens (including phenoxy) is 2. The summed E-state index contributed by atoms with van der Waals surface area (Å²) in [4.78, 5) is 8.13. The van der Waals surface area contributed by atoms with Crippen LogP contribution in [-0.4, -0.2) is 43.4 Å². The molecule has 1 heterocycles. The van der Waals surface area contributed by atoms with Crippen LogP contribution in [0.2, 0.25) is 0 Å². The van der Waals surface area contributed by atoms with Crippen molar-refractivity contribution >= 4 is 5.95 Å². The van der Waals surface area contributed by atoms with Gasteiger partial charge in [-0.3, -0.25) is 0 Å². The first-order valence-corrected chi connectivity index (χ1v) is 5.51. The lowest BCUT2D eigenvalue weighted by Gasteiger charge is -2.05. The Labute approximate surface area is 96.2 Å². The predicted octanol–water partition coefficient (Wildman–Crippen LogP) is 1.33. The van der Waals surface area contributed by atoms with Crippen LogP contribution in [0.15, 0.2) is 18.5 Å². The number of hydrogen-bond donors (Lipinski definition) is 1. The van der Waals surface area contributed by atoms with Gasteiger partial charge in [0, 0.05) is 32.7 Å². The summed E-state index contributed by atoms with van der Waals surface area (Å²) in [5, 5.41) is 3.14. The predicted molar refractivity (Wildman–Crippen MR) is 62.5 cm³/mol. The minimum atomic E-state index is 0.663. The molecule has 0 unspecified atom stereocenters. The van der Waals surface area contributed by atoms with Crippen LogP contribution in [0.3, 0.4) is 0 Å². The number of methoxy groups -OCH3 is 1. The monoisotopic (exact) mass is 225 g/mol. The van der Waals surface area contributed by atoms with Gasteiger partial charge in [-0.1, -0.05) is 0 Å². The molecule has 0 radical (unpaired) electrons. The molecule has 1 rings (SSSR count). The largest absolute Gasteiger partial charge is 0.382 e. The van der Waals surface area contributed by atoms with Gasteiger partial charge < -0.3 is 14.8 Å². The Morgan fingerprint density at radius 3 is 2.69 bits per heavy atom. The second-order valence-electron chi connectivity index (χ2n) is 3.31. The highest BCUT2D eigenvalue weighted by molar-refractivity contribution is 5.21. The van der Waals surface area contributed by atoms with Gasteiger partial charge in [-0.25, -0.2) is 9.97 Å². The molecule has 1 aromatic heterocycles. The van der Waals surface area contributed by atoms with E-state index in [1.807, 2.05) is 0 Å². The zero-order chi connectivity index (χ0) is 11.5. The maximum atomic E-state index is 5.34. The topological polar surface area (TPSA) is 56.3 Å². The highest BCUT2D eigenvalue weighted by Gasteiger charge is 1.93. The van der Waals surface area contributed by atoms with E-state index in [1.54, 1.807) is 25.6 Å². The fourth-order valence-electron chi connectivity index (χ4n) is 1.16. The molecule has 0 aromatic carbocycles. The lowest BCUT2D eigenvalue weighted by atomic mass is 10.3. The van der Waals surface area contributed by atoms with E-state index >= 15 is 0 Å². The Morgan fingerprint density at radius 2 is 1.94 bits per heavy atom. The lowest BCUT2D eigenvalue weighted by Crippen LogP contribution is -2.07. The first-order chi connectivity index (χ1) is 7.93. The van der Waals surface area contributed by atoms with Crippen molar-refractivity contribution in [3.63, 3.8) is 0 Å². The molecule has 0 spiro atoms. The third-order valence-corrected chi connectivity index (χ3v) is 2.00. The van der Waals surface area contributed by atoms with E-state index in [1.165, 1.54) is 0 Å². The molecule has 1 aromatic rings. The SMILES string of the molecule is COCCOCCCCNc1ncccn1. The maximum absolute atomic E-state index is 5.34. The summed E-state index contributed by atoms with van der Waals surface area (Å²) >= 11 is 0. The zero-order valence-electron chi connectivity index (χ0n) is 9.69. The summed E-state index contributed by atoms with van der Waals surface area (Å²) in [5.74, 6) is 0.683. The number of nitrogens with one attached hydrogen (secondary N) is 1. The number of rotatable bonds is 9. The summed E-state index contributed by atoms with van der Waals surface area (Å²) in [6.45, 7) is 2.99. The van der Waals surface area contributed by atoms with E-state index in [0.717, 1.165) is 26.0 Å². The van der Waals surface area contributed by atoms with Gasteiger partial charge in [0.15, 0.2) is 0 Å². The van der Waals surface area contributed by atoms with Crippen LogP contribution in [0.5, 0.6) is 0 Å². The van der Waals surface area contributed by atoms with Crippen LogP contribution in [0.1, 0.15) is 12.8 Å². The first kappa shape index (κ1) is 12.9. The zero-order valence-corrected chi connectivity index (χ0v) is 9.69. The number of hydrogen-bond acceptors (Lipinski definition) is 5. The van der Waals surface area contributed by atoms with E-state index in [-0.39, 0.29) is 0 Å². The smallest absolute Gasteiger partial charge is 0.222 e. The van der Waals surface area contributed by atoms with Crippen LogP contribution in [-0.2, 0) is 9.47 Å². The third-order valence-electron chi connectivity index (χ3n) is 2.00. The van der Waals surface area contributed by atoms with Crippen molar-refractivity contribution in [3.05, 3.63) is 18.5 Å². The molecule has 0 atom stereocenters. The average molecular weight is 225 g/mol. The van der Waals surface area contributed by atoms with Gasteiger partial charge in [0.25, 0.3) is 0 Å². The molecule has 0 bridgehead atoms. The van der Waals surface area contributed by atoms with E-state index in [9.17, 15) is 0 Å². The molecule has 0 saturated carbocycles. The molecule has 0 aliphatic rings. The van der Waals surface area contributed by atoms with Gasteiger partial charge in [0.2, 0.25) is 5.95 Å². The number of anilines is 1. The van der Waals surface area contributed by atoms with Gasteiger partial charge in [0.1, 0.15) is 0 Å². The maximum Gasteiger partial charge on any atom is 0.222 e. The normalized spacial score (nSPS) is 10.3. The van der Waals surface area contributed by atoms with E-state index in [0.29, 0.717) is 19.2 Å². The molecule has 90 valence electrons. The second-order valence-corrected chi connectivity index (χ2v) is 3.31. The standard InChI is InChI=1S/C11H19N3O2/c1-15-9-10-16-8-3-2-5-12-11-13-6-4-7-14-11/h4,6-7H,2-3,5,8-10H2,1H3,(H,12,13,14). The number of aromatic nitrogens is 2. The van der Waals surface area contributed by atoms with Crippen LogP contribution in [0.4, 0.5) is 5.95 Å². The van der Waals surface area contributed by atoms with E-state index < -0.39 is 0 Å². The summed E-state index contributed by atoms with van der Waals surface area (Å²) in [6, 6.07) is 1.80. The van der Waals surface area contributed by atoms with Crippen molar-refractivity contribution in [2.45, 2.75) is 12.8 Å². The third kappa shape index (κ3) is 6.31. The Balaban J connectivity index is 1.89. The second kappa shape index (κ2) is 9.06. The van der Waals surface area contributed by atoms with Crippen molar-refractivity contribution in [1.82, 2.24) is 9.97 Å². The fourth-order valence-corrected chi connectivity index (χ4v) is 1.16. The van der Waals surface area contributed by atoms with Crippen LogP contribution >= 0.6 is 0 Å². The van der Waals surface area contributed by atoms with Gasteiger partial charge in [0.05, 0.1) is 13.2 Å². The molecular formula is C11H19N3O2. The number of nitrogens with zero attached hydrogens (tertiary/aromatic N) is 2. The molecule has 16 heavy (non-hydrogen) atoms. The van der Waals surface area contributed by atoms with Gasteiger partial charge >= 0.3 is 0 Å². The van der Waals surface area contributed by atoms with Crippen molar-refractivity contribution in [2.24, 2.45) is 0 Å². The summed E-state index contributed by atoms with van der Waals surface area (Å²) in [5.41, 5.74) is 0. The Bertz CT molecular complexity index is 257. The molecule has 0 aliphatic heterocycles. The van der Waals surface area contributed by atoms with Crippen LogP contribution < -0.4 is 5.32 Å². The highest BCUT2D eigenvalue weighted by Crippen LogP contribution is 1.96. The summed E-state index contributed by atoms with van der Waals surface area (Å²) in [6.07, 6.45) is 5.53. The van der Waals surface area contributed by atoms with Crippen molar-refractivity contribution in [1.29, 1.82) is 0 Å². The molecule has 0 fully saturated rings. The highest BCUT2D eigenvalue weighted by atomic mass is 16.5. The molecular weight excluding hydrogens is 206 g/mol. The van der Waals surface area contributed by atoms with Gasteiger partial charge in [-0.2, -0.15) is 0 Å². The molecule has 1 N–H and O–H groups in total. The Morgan fingerprint density at radius 1 is 1.12 bits per heavy atom. The van der Waals surface area contributed by atoms with Crippen molar-refractivity contribution < 1.29 is 9.47 Å². The number of unbranched alkanes of at least 4 members (excludes halogenated alkanes) is 1. The molecule has 5 nitrogen and oxygen atoms in total. The molecule has 0 saturated heterocycles. The van der Waals surface area contributed by atoms with E-state index in [4.69, 9.17) is 9.47 Å². The molecule has 0 aliphatic carbocycles. The van der Waals surface area contributed by atoms with Crippen molar-refractivity contribution in [3.8, 4) is 0 Å². The van der Waals surface area contributed by atoms with Crippen molar-refractivity contribution in [2.75, 3.05) is 38.8 Å². The van der Waals surface area contributed by atoms with Crippen LogP contribution in [0, 0.1) is 0 Å². The average Bonchev–Trinajstić information content (AvgIpc) is 2.34. The lowest BCUT2D eigenvalue weighted by molar-refractivity contribution is 0.0691. The molecule has 5 heteroatoms. The van der Waals surface area contributed by atoms with E-state index in [2.05, 4.69) is 15.3 Å². The quantitative estimate of drug-likeness (QED) is 0.642. The first-order valence-electron chi connectivity index (χ1n) is 5.51. The minimum Gasteiger partial charge on any atom is -0.382 e. The summed E-state index contributed by atoms with van der Waals surface area (Å²) < 4.78 is 10.2. The van der Waals surface area contributed by atoms with Crippen LogP contribution in [0.25, 0.3) is 0 Å². The van der Waals surface area contributed by atoms with Gasteiger partial charge in [-0.15, -0.1) is 0 Å². The minimum absolute atomic E-state index is 0.663. The fraction of sp³-hybridized carbons (Fsp3) is 0.636. The van der Waals surface area contributed by atoms with Gasteiger partial charge in [-0.05, 0) is 18.9 Å². The Kier molecular flexibility index (Phi) is 7.28. The molecule has 0 amide bonds. The summed E-state index contributed by atoms with van der Waals surface area (Å²) in [7, 11) is 1.67.